The number of nitrogens with one attached hydrogen (secondary N) is 2. The Bertz CT molecular complexity index is 155. The van der Waals surface area contributed by atoms with E-state index in [1.807, 2.05) is 0 Å². The van der Waals surface area contributed by atoms with Crippen molar-refractivity contribution >= 4 is 0 Å². The maximum absolute atomic E-state index is 9.51. The second-order valence-corrected chi connectivity index (χ2v) is 3.98. The first kappa shape index (κ1) is 11.9. The monoisotopic (exact) mass is 202 g/mol. The van der Waals surface area contributed by atoms with Crippen molar-refractivity contribution in [1.29, 1.82) is 0 Å². The highest BCUT2D eigenvalue weighted by molar-refractivity contribution is 4.91. The number of β-amino-alcohol motifs (C(OH)–C–C–N with tert-alkyl or cyclic N) is 1. The molecule has 1 fully saturated rings. The zero-order chi connectivity index (χ0) is 10.4. The summed E-state index contributed by atoms with van der Waals surface area (Å²) in [5, 5.41) is 25.1. The van der Waals surface area contributed by atoms with Gasteiger partial charge in [0.15, 0.2) is 0 Å². The highest BCUT2D eigenvalue weighted by Gasteiger charge is 2.32. The molecule has 0 aromatic rings. The van der Waals surface area contributed by atoms with Gasteiger partial charge in [-0.05, 0) is 13.0 Å². The quantitative estimate of drug-likeness (QED) is 0.437. The maximum Gasteiger partial charge on any atom is 0.0976 e. The maximum atomic E-state index is 9.51. The Morgan fingerprint density at radius 3 is 2.71 bits per heavy atom. The van der Waals surface area contributed by atoms with Gasteiger partial charge in [0.2, 0.25) is 0 Å². The van der Waals surface area contributed by atoms with E-state index in [0.717, 1.165) is 13.1 Å². The van der Waals surface area contributed by atoms with Gasteiger partial charge in [0.05, 0.1) is 12.2 Å². The molecule has 0 saturated carbocycles. The standard InChI is InChI=1S/C10H22N2O2/c1-2-3-4-5-11-6-8-10(14)9(13)7-12-8/h8-14H,2-7H2,1H3. The first-order valence-corrected chi connectivity index (χ1v) is 5.56. The van der Waals surface area contributed by atoms with Gasteiger partial charge in [0, 0.05) is 19.1 Å². The molecule has 0 aromatic heterocycles. The lowest BCUT2D eigenvalue weighted by Gasteiger charge is -2.16. The van der Waals surface area contributed by atoms with Crippen LogP contribution < -0.4 is 10.6 Å². The zero-order valence-corrected chi connectivity index (χ0v) is 8.87. The van der Waals surface area contributed by atoms with Crippen molar-refractivity contribution in [3.8, 4) is 0 Å². The molecule has 1 saturated heterocycles. The minimum atomic E-state index is -0.617. The summed E-state index contributed by atoms with van der Waals surface area (Å²) in [5.41, 5.74) is 0. The Morgan fingerprint density at radius 1 is 1.36 bits per heavy atom. The SMILES string of the molecule is CCCCCNCC1NCC(O)C1O. The molecule has 0 aliphatic carbocycles. The Hall–Kier alpha value is -0.160. The molecule has 1 heterocycles. The molecular formula is C10H22N2O2. The first-order valence-electron chi connectivity index (χ1n) is 5.56. The summed E-state index contributed by atoms with van der Waals surface area (Å²) in [7, 11) is 0. The summed E-state index contributed by atoms with van der Waals surface area (Å²) < 4.78 is 0. The molecule has 0 spiro atoms. The number of hydrogen-bond donors (Lipinski definition) is 4. The van der Waals surface area contributed by atoms with Crippen LogP contribution in [0.3, 0.4) is 0 Å². The molecular weight excluding hydrogens is 180 g/mol. The van der Waals surface area contributed by atoms with E-state index in [9.17, 15) is 10.2 Å². The van der Waals surface area contributed by atoms with Gasteiger partial charge in [-0.3, -0.25) is 0 Å². The lowest BCUT2D eigenvalue weighted by molar-refractivity contribution is 0.0407. The molecule has 1 aliphatic heterocycles. The van der Waals surface area contributed by atoms with E-state index in [4.69, 9.17) is 0 Å². The molecule has 0 aromatic carbocycles. The topological polar surface area (TPSA) is 64.5 Å². The summed E-state index contributed by atoms with van der Waals surface area (Å²) in [6.07, 6.45) is 2.44. The molecule has 1 aliphatic rings. The van der Waals surface area contributed by atoms with Crippen molar-refractivity contribution < 1.29 is 10.2 Å². The van der Waals surface area contributed by atoms with Gasteiger partial charge in [-0.2, -0.15) is 0 Å². The third-order valence-electron chi connectivity index (χ3n) is 2.72. The van der Waals surface area contributed by atoms with Crippen molar-refractivity contribution in [1.82, 2.24) is 10.6 Å². The molecule has 4 nitrogen and oxygen atoms in total. The van der Waals surface area contributed by atoms with Crippen LogP contribution in [0, 0.1) is 0 Å². The van der Waals surface area contributed by atoms with Crippen LogP contribution in [0.2, 0.25) is 0 Å². The second kappa shape index (κ2) is 6.35. The molecule has 0 bridgehead atoms. The third kappa shape index (κ3) is 3.53. The largest absolute Gasteiger partial charge is 0.389 e. The number of rotatable bonds is 6. The van der Waals surface area contributed by atoms with E-state index in [2.05, 4.69) is 17.6 Å². The third-order valence-corrected chi connectivity index (χ3v) is 2.72. The minimum Gasteiger partial charge on any atom is -0.389 e. The number of aliphatic hydroxyl groups excluding tert-OH is 2. The van der Waals surface area contributed by atoms with Crippen LogP contribution in [-0.2, 0) is 0 Å². The Labute approximate surface area is 85.7 Å². The van der Waals surface area contributed by atoms with Gasteiger partial charge in [0.1, 0.15) is 0 Å². The highest BCUT2D eigenvalue weighted by atomic mass is 16.3. The van der Waals surface area contributed by atoms with Gasteiger partial charge in [-0.25, -0.2) is 0 Å². The molecule has 4 heteroatoms. The molecule has 84 valence electrons. The smallest absolute Gasteiger partial charge is 0.0976 e. The molecule has 4 N–H and O–H groups in total. The van der Waals surface area contributed by atoms with Crippen LogP contribution in [0.5, 0.6) is 0 Å². The second-order valence-electron chi connectivity index (χ2n) is 3.98. The van der Waals surface area contributed by atoms with Crippen LogP contribution in [0.15, 0.2) is 0 Å². The molecule has 0 amide bonds. The van der Waals surface area contributed by atoms with Crippen molar-refractivity contribution in [3.05, 3.63) is 0 Å². The molecule has 3 unspecified atom stereocenters. The van der Waals surface area contributed by atoms with Crippen LogP contribution >= 0.6 is 0 Å². The Balaban J connectivity index is 2.01. The van der Waals surface area contributed by atoms with E-state index in [1.54, 1.807) is 0 Å². The Morgan fingerprint density at radius 2 is 2.14 bits per heavy atom. The lowest BCUT2D eigenvalue weighted by Crippen LogP contribution is -2.41. The van der Waals surface area contributed by atoms with E-state index in [-0.39, 0.29) is 6.04 Å². The fraction of sp³-hybridized carbons (Fsp3) is 1.00. The predicted molar refractivity (Wildman–Crippen MR) is 56.2 cm³/mol. The highest BCUT2D eigenvalue weighted by Crippen LogP contribution is 2.06. The van der Waals surface area contributed by atoms with E-state index >= 15 is 0 Å². The molecule has 0 radical (unpaired) electrons. The van der Waals surface area contributed by atoms with Crippen molar-refractivity contribution in [2.45, 2.75) is 44.4 Å². The summed E-state index contributed by atoms with van der Waals surface area (Å²) in [5.74, 6) is 0. The Kier molecular flexibility index (Phi) is 5.40. The normalized spacial score (nSPS) is 32.4. The number of aliphatic hydroxyl groups is 2. The summed E-state index contributed by atoms with van der Waals surface area (Å²) in [6, 6.07) is 0.00614. The summed E-state index contributed by atoms with van der Waals surface area (Å²) >= 11 is 0. The van der Waals surface area contributed by atoms with Gasteiger partial charge in [-0.15, -0.1) is 0 Å². The van der Waals surface area contributed by atoms with Gasteiger partial charge >= 0.3 is 0 Å². The zero-order valence-electron chi connectivity index (χ0n) is 8.87. The average molecular weight is 202 g/mol. The average Bonchev–Trinajstić information content (AvgIpc) is 2.49. The van der Waals surface area contributed by atoms with Gasteiger partial charge in [-0.1, -0.05) is 19.8 Å². The van der Waals surface area contributed by atoms with Gasteiger partial charge < -0.3 is 20.8 Å². The molecule has 1 rings (SSSR count). The summed E-state index contributed by atoms with van der Waals surface area (Å²) in [4.78, 5) is 0. The number of hydrogen-bond acceptors (Lipinski definition) is 4. The first-order chi connectivity index (χ1) is 6.75. The fourth-order valence-corrected chi connectivity index (χ4v) is 1.73. The van der Waals surface area contributed by atoms with Crippen molar-refractivity contribution in [2.75, 3.05) is 19.6 Å². The predicted octanol–water partition coefficient (Wildman–Crippen LogP) is -0.540. The lowest BCUT2D eigenvalue weighted by atomic mass is 10.1. The minimum absolute atomic E-state index is 0.00614. The van der Waals surface area contributed by atoms with Crippen LogP contribution in [-0.4, -0.2) is 48.1 Å². The van der Waals surface area contributed by atoms with Crippen LogP contribution in [0.25, 0.3) is 0 Å². The van der Waals surface area contributed by atoms with E-state index in [1.165, 1.54) is 19.3 Å². The van der Waals surface area contributed by atoms with Gasteiger partial charge in [0.25, 0.3) is 0 Å². The molecule has 3 atom stereocenters. The van der Waals surface area contributed by atoms with E-state index < -0.39 is 12.2 Å². The van der Waals surface area contributed by atoms with E-state index in [0.29, 0.717) is 6.54 Å². The van der Waals surface area contributed by atoms with Crippen molar-refractivity contribution in [2.24, 2.45) is 0 Å². The van der Waals surface area contributed by atoms with Crippen molar-refractivity contribution in [3.63, 3.8) is 0 Å². The van der Waals surface area contributed by atoms with Crippen LogP contribution in [0.4, 0.5) is 0 Å². The fourth-order valence-electron chi connectivity index (χ4n) is 1.73. The van der Waals surface area contributed by atoms with Crippen LogP contribution in [0.1, 0.15) is 26.2 Å². The number of unbranched alkanes of at least 4 members (excludes halogenated alkanes) is 2. The molecule has 14 heavy (non-hydrogen) atoms. The summed E-state index contributed by atoms with van der Waals surface area (Å²) in [6.45, 7) is 4.41.